The maximum absolute atomic E-state index is 12.9. The molecule has 0 unspecified atom stereocenters. The van der Waals surface area contributed by atoms with E-state index in [-0.39, 0.29) is 11.5 Å². The van der Waals surface area contributed by atoms with Crippen LogP contribution in [-0.2, 0) is 0 Å². The van der Waals surface area contributed by atoms with Gasteiger partial charge in [-0.05, 0) is 45.0 Å². The van der Waals surface area contributed by atoms with Crippen molar-refractivity contribution in [1.82, 2.24) is 19.7 Å². The van der Waals surface area contributed by atoms with Crippen LogP contribution < -0.4 is 16.2 Å². The Labute approximate surface area is 148 Å². The summed E-state index contributed by atoms with van der Waals surface area (Å²) < 4.78 is 14.3. The third-order valence-electron chi connectivity index (χ3n) is 3.76. The quantitative estimate of drug-likeness (QED) is 0.671. The van der Waals surface area contributed by atoms with Gasteiger partial charge in [0, 0.05) is 23.0 Å². The lowest BCUT2D eigenvalue weighted by atomic mass is 10.3. The largest absolute Gasteiger partial charge is 0.324 e. The zero-order valence-corrected chi connectivity index (χ0v) is 14.4. The number of aryl methyl sites for hydroxylation is 2. The lowest BCUT2D eigenvalue weighted by Gasteiger charge is -2.10. The van der Waals surface area contributed by atoms with Gasteiger partial charge in [0.05, 0.1) is 5.69 Å². The fraction of sp³-hybridized carbons (Fsp3) is 0.176. The van der Waals surface area contributed by atoms with Crippen LogP contribution in [0.1, 0.15) is 17.0 Å². The summed E-state index contributed by atoms with van der Waals surface area (Å²) in [6.07, 6.45) is 0. The Morgan fingerprint density at radius 1 is 1.15 bits per heavy atom. The molecule has 0 fully saturated rings. The topological polar surface area (TPSA) is 105 Å². The normalized spacial score (nSPS) is 10.6. The molecule has 3 N–H and O–H groups in total. The number of hydrogen-bond donors (Lipinski definition) is 3. The van der Waals surface area contributed by atoms with Crippen molar-refractivity contribution in [2.75, 3.05) is 10.6 Å². The average molecular weight is 356 g/mol. The summed E-state index contributed by atoms with van der Waals surface area (Å²) in [5.74, 6) is 0.131. The number of aromatic nitrogens is 4. The standard InChI is InChI=1S/C17H17FN6O2/c1-9-8-14(21-17(26)20-13-6-4-12(18)5-7-13)24(23-9)16-19-11(3)10(2)15(25)22-16/h4-8H,1-3H3,(H,19,22,25)(H2,20,21,26). The Bertz CT molecular complexity index is 1020. The summed E-state index contributed by atoms with van der Waals surface area (Å²) >= 11 is 0. The van der Waals surface area contributed by atoms with Crippen molar-refractivity contribution in [3.05, 3.63) is 63.5 Å². The molecule has 0 saturated heterocycles. The van der Waals surface area contributed by atoms with Crippen molar-refractivity contribution in [2.24, 2.45) is 0 Å². The summed E-state index contributed by atoms with van der Waals surface area (Å²) in [4.78, 5) is 31.1. The minimum atomic E-state index is -0.538. The number of carbonyl (C=O) groups is 1. The second-order valence-electron chi connectivity index (χ2n) is 5.77. The highest BCUT2D eigenvalue weighted by Crippen LogP contribution is 2.15. The van der Waals surface area contributed by atoms with Crippen molar-refractivity contribution < 1.29 is 9.18 Å². The predicted molar refractivity (Wildman–Crippen MR) is 95.2 cm³/mol. The van der Waals surface area contributed by atoms with E-state index in [2.05, 4.69) is 25.7 Å². The van der Waals surface area contributed by atoms with Gasteiger partial charge >= 0.3 is 6.03 Å². The number of H-pyrrole nitrogens is 1. The molecule has 2 amide bonds. The van der Waals surface area contributed by atoms with Gasteiger partial charge in [0.2, 0.25) is 5.95 Å². The maximum atomic E-state index is 12.9. The molecule has 1 aromatic carbocycles. The molecule has 8 nitrogen and oxygen atoms in total. The summed E-state index contributed by atoms with van der Waals surface area (Å²) in [5, 5.41) is 9.48. The van der Waals surface area contributed by atoms with E-state index in [1.807, 2.05) is 0 Å². The molecule has 0 aliphatic carbocycles. The number of carbonyl (C=O) groups excluding carboxylic acids is 1. The molecule has 0 spiro atoms. The van der Waals surface area contributed by atoms with Gasteiger partial charge in [0.1, 0.15) is 11.6 Å². The van der Waals surface area contributed by atoms with Crippen LogP contribution in [-0.4, -0.2) is 25.8 Å². The van der Waals surface area contributed by atoms with E-state index in [1.165, 1.54) is 28.9 Å². The number of anilines is 2. The minimum absolute atomic E-state index is 0.197. The highest BCUT2D eigenvalue weighted by atomic mass is 19.1. The van der Waals surface area contributed by atoms with Gasteiger partial charge in [0.25, 0.3) is 5.56 Å². The van der Waals surface area contributed by atoms with E-state index in [1.54, 1.807) is 26.8 Å². The molecule has 0 aliphatic heterocycles. The molecular weight excluding hydrogens is 339 g/mol. The van der Waals surface area contributed by atoms with Crippen LogP contribution in [0.25, 0.3) is 5.95 Å². The smallest absolute Gasteiger partial charge is 0.308 e. The molecule has 9 heteroatoms. The number of rotatable bonds is 3. The number of hydrogen-bond acceptors (Lipinski definition) is 4. The number of halogens is 1. The number of nitrogens with one attached hydrogen (secondary N) is 3. The average Bonchev–Trinajstić information content (AvgIpc) is 2.94. The van der Waals surface area contributed by atoms with Gasteiger partial charge in [0.15, 0.2) is 0 Å². The van der Waals surface area contributed by atoms with Crippen molar-refractivity contribution in [3.63, 3.8) is 0 Å². The van der Waals surface area contributed by atoms with Crippen LogP contribution in [0.4, 0.5) is 20.7 Å². The Balaban J connectivity index is 1.86. The zero-order chi connectivity index (χ0) is 18.8. The minimum Gasteiger partial charge on any atom is -0.308 e. The van der Waals surface area contributed by atoms with Crippen LogP contribution in [0.15, 0.2) is 35.1 Å². The fourth-order valence-electron chi connectivity index (χ4n) is 2.29. The summed E-state index contributed by atoms with van der Waals surface area (Å²) in [7, 11) is 0. The van der Waals surface area contributed by atoms with Crippen molar-refractivity contribution in [1.29, 1.82) is 0 Å². The lowest BCUT2D eigenvalue weighted by Crippen LogP contribution is -2.23. The summed E-state index contributed by atoms with van der Waals surface area (Å²) in [6, 6.07) is 6.48. The lowest BCUT2D eigenvalue weighted by molar-refractivity contribution is 0.262. The summed E-state index contributed by atoms with van der Waals surface area (Å²) in [6.45, 7) is 5.14. The first-order valence-electron chi connectivity index (χ1n) is 7.81. The third-order valence-corrected chi connectivity index (χ3v) is 3.76. The predicted octanol–water partition coefficient (Wildman–Crippen LogP) is 2.66. The number of benzene rings is 1. The molecule has 3 rings (SSSR count). The van der Waals surface area contributed by atoms with Gasteiger partial charge in [-0.3, -0.25) is 15.1 Å². The number of urea groups is 1. The van der Waals surface area contributed by atoms with Gasteiger partial charge in [-0.25, -0.2) is 14.2 Å². The third kappa shape index (κ3) is 3.61. The van der Waals surface area contributed by atoms with E-state index < -0.39 is 11.8 Å². The first kappa shape index (κ1) is 17.3. The molecule has 2 heterocycles. The molecule has 0 aliphatic rings. The highest BCUT2D eigenvalue weighted by molar-refractivity contribution is 5.99. The molecular formula is C17H17FN6O2. The van der Waals surface area contributed by atoms with Gasteiger partial charge in [-0.2, -0.15) is 9.78 Å². The van der Waals surface area contributed by atoms with Crippen LogP contribution in [0.3, 0.4) is 0 Å². The molecule has 0 atom stereocenters. The maximum Gasteiger partial charge on any atom is 0.324 e. The molecule has 2 aromatic heterocycles. The van der Waals surface area contributed by atoms with E-state index in [4.69, 9.17) is 0 Å². The first-order chi connectivity index (χ1) is 12.3. The molecule has 0 bridgehead atoms. The van der Waals surface area contributed by atoms with E-state index in [0.717, 1.165) is 0 Å². The van der Waals surface area contributed by atoms with Gasteiger partial charge in [-0.15, -0.1) is 0 Å². The molecule has 134 valence electrons. The van der Waals surface area contributed by atoms with E-state index in [9.17, 15) is 14.0 Å². The van der Waals surface area contributed by atoms with Gasteiger partial charge in [-0.1, -0.05) is 0 Å². The first-order valence-corrected chi connectivity index (χ1v) is 7.81. The zero-order valence-electron chi connectivity index (χ0n) is 14.4. The van der Waals surface area contributed by atoms with Gasteiger partial charge < -0.3 is 5.32 Å². The Kier molecular flexibility index (Phi) is 4.53. The van der Waals surface area contributed by atoms with E-state index in [0.29, 0.717) is 28.5 Å². The number of amides is 2. The van der Waals surface area contributed by atoms with Crippen LogP contribution in [0.5, 0.6) is 0 Å². The number of nitrogens with zero attached hydrogens (tertiary/aromatic N) is 3. The Morgan fingerprint density at radius 3 is 2.50 bits per heavy atom. The molecule has 26 heavy (non-hydrogen) atoms. The van der Waals surface area contributed by atoms with Crippen LogP contribution >= 0.6 is 0 Å². The van der Waals surface area contributed by atoms with Crippen LogP contribution in [0.2, 0.25) is 0 Å². The Morgan fingerprint density at radius 2 is 1.85 bits per heavy atom. The monoisotopic (exact) mass is 356 g/mol. The molecule has 3 aromatic rings. The summed E-state index contributed by atoms with van der Waals surface area (Å²) in [5.41, 5.74) is 1.87. The second-order valence-corrected chi connectivity index (χ2v) is 5.77. The van der Waals surface area contributed by atoms with Crippen molar-refractivity contribution in [2.45, 2.75) is 20.8 Å². The molecule has 0 saturated carbocycles. The van der Waals surface area contributed by atoms with Crippen LogP contribution in [0, 0.1) is 26.6 Å². The highest BCUT2D eigenvalue weighted by Gasteiger charge is 2.14. The number of aromatic amines is 1. The van der Waals surface area contributed by atoms with Crippen molar-refractivity contribution >= 4 is 17.5 Å². The Hall–Kier alpha value is -3.49. The second kappa shape index (κ2) is 6.79. The SMILES string of the molecule is Cc1cc(NC(=O)Nc2ccc(F)cc2)n(-c2nc(C)c(C)c(=O)[nH]2)n1. The van der Waals surface area contributed by atoms with E-state index >= 15 is 0 Å². The fourth-order valence-corrected chi connectivity index (χ4v) is 2.29. The molecule has 0 radical (unpaired) electrons. The van der Waals surface area contributed by atoms with Crippen molar-refractivity contribution in [3.8, 4) is 5.95 Å².